The SMILES string of the molecule is Oc1c(Cl)cc(Cl)cc1CNc1cc(Cl)ccc1Cl. The third-order valence-electron chi connectivity index (χ3n) is 2.50. The Labute approximate surface area is 130 Å². The minimum Gasteiger partial charge on any atom is -0.506 e. The van der Waals surface area contributed by atoms with E-state index in [1.807, 2.05) is 0 Å². The topological polar surface area (TPSA) is 32.3 Å². The Morgan fingerprint density at radius 2 is 1.63 bits per heavy atom. The predicted octanol–water partition coefficient (Wildman–Crippen LogP) is 5.62. The highest BCUT2D eigenvalue weighted by atomic mass is 35.5. The fourth-order valence-electron chi connectivity index (χ4n) is 1.58. The zero-order chi connectivity index (χ0) is 14.0. The summed E-state index contributed by atoms with van der Waals surface area (Å²) in [6.45, 7) is 0.326. The lowest BCUT2D eigenvalue weighted by Crippen LogP contribution is -2.00. The Balaban J connectivity index is 2.21. The smallest absolute Gasteiger partial charge is 0.139 e. The largest absolute Gasteiger partial charge is 0.506 e. The van der Waals surface area contributed by atoms with E-state index in [1.54, 1.807) is 24.3 Å². The maximum Gasteiger partial charge on any atom is 0.139 e. The first-order valence-corrected chi connectivity index (χ1v) is 6.84. The van der Waals surface area contributed by atoms with E-state index in [2.05, 4.69) is 5.32 Å². The molecule has 0 aliphatic heterocycles. The molecule has 2 N–H and O–H groups in total. The molecule has 0 spiro atoms. The van der Waals surface area contributed by atoms with E-state index in [0.717, 1.165) is 0 Å². The Morgan fingerprint density at radius 1 is 0.895 bits per heavy atom. The van der Waals surface area contributed by atoms with Gasteiger partial charge in [-0.1, -0.05) is 46.4 Å². The van der Waals surface area contributed by atoms with Crippen LogP contribution in [0.25, 0.3) is 0 Å². The summed E-state index contributed by atoms with van der Waals surface area (Å²) < 4.78 is 0. The van der Waals surface area contributed by atoms with E-state index in [-0.39, 0.29) is 10.8 Å². The molecule has 0 aliphatic carbocycles. The quantitative estimate of drug-likeness (QED) is 0.762. The number of halogens is 4. The van der Waals surface area contributed by atoms with Gasteiger partial charge in [0.15, 0.2) is 0 Å². The van der Waals surface area contributed by atoms with E-state index in [9.17, 15) is 5.11 Å². The van der Waals surface area contributed by atoms with Crippen LogP contribution < -0.4 is 5.32 Å². The van der Waals surface area contributed by atoms with Crippen LogP contribution in [0.5, 0.6) is 5.75 Å². The highest BCUT2D eigenvalue weighted by Gasteiger charge is 2.09. The van der Waals surface area contributed by atoms with Gasteiger partial charge in [0.05, 0.1) is 15.7 Å². The number of benzene rings is 2. The van der Waals surface area contributed by atoms with Crippen LogP contribution in [0.1, 0.15) is 5.56 Å². The fourth-order valence-corrected chi connectivity index (χ4v) is 2.47. The second-order valence-electron chi connectivity index (χ2n) is 3.87. The molecule has 2 aromatic carbocycles. The normalized spacial score (nSPS) is 10.5. The molecule has 0 amide bonds. The molecule has 0 saturated heterocycles. The second-order valence-corrected chi connectivity index (χ2v) is 5.56. The van der Waals surface area contributed by atoms with E-state index in [4.69, 9.17) is 46.4 Å². The number of rotatable bonds is 3. The van der Waals surface area contributed by atoms with Crippen molar-refractivity contribution in [2.75, 3.05) is 5.32 Å². The van der Waals surface area contributed by atoms with Gasteiger partial charge in [0, 0.05) is 22.2 Å². The molecule has 2 rings (SSSR count). The van der Waals surface area contributed by atoms with E-state index in [0.29, 0.717) is 32.9 Å². The van der Waals surface area contributed by atoms with Gasteiger partial charge in [-0.3, -0.25) is 0 Å². The van der Waals surface area contributed by atoms with Gasteiger partial charge in [0.1, 0.15) is 5.75 Å². The van der Waals surface area contributed by atoms with Gasteiger partial charge < -0.3 is 10.4 Å². The van der Waals surface area contributed by atoms with Crippen LogP contribution >= 0.6 is 46.4 Å². The van der Waals surface area contributed by atoms with Gasteiger partial charge in [-0.25, -0.2) is 0 Å². The van der Waals surface area contributed by atoms with Gasteiger partial charge in [-0.05, 0) is 30.3 Å². The molecule has 0 saturated carbocycles. The maximum atomic E-state index is 9.83. The molecule has 0 radical (unpaired) electrons. The fraction of sp³-hybridized carbons (Fsp3) is 0.0769. The number of nitrogens with one attached hydrogen (secondary N) is 1. The molecule has 6 heteroatoms. The molecular weight excluding hydrogens is 328 g/mol. The number of aromatic hydroxyl groups is 1. The molecule has 0 aromatic heterocycles. The molecular formula is C13H9Cl4NO. The Hall–Kier alpha value is -0.800. The molecule has 2 nitrogen and oxygen atoms in total. The van der Waals surface area contributed by atoms with Crippen molar-refractivity contribution in [1.82, 2.24) is 0 Å². The van der Waals surface area contributed by atoms with Crippen LogP contribution in [0.3, 0.4) is 0 Å². The summed E-state index contributed by atoms with van der Waals surface area (Å²) in [5.41, 5.74) is 1.25. The first kappa shape index (κ1) is 14.6. The highest BCUT2D eigenvalue weighted by molar-refractivity contribution is 6.36. The van der Waals surface area contributed by atoms with Crippen molar-refractivity contribution < 1.29 is 5.11 Å². The van der Waals surface area contributed by atoms with Crippen LogP contribution in [0.4, 0.5) is 5.69 Å². The summed E-state index contributed by atoms with van der Waals surface area (Å²) in [6, 6.07) is 8.20. The van der Waals surface area contributed by atoms with Gasteiger partial charge >= 0.3 is 0 Å². The zero-order valence-corrected chi connectivity index (χ0v) is 12.6. The molecule has 100 valence electrons. The minimum atomic E-state index is -0.00304. The monoisotopic (exact) mass is 335 g/mol. The highest BCUT2D eigenvalue weighted by Crippen LogP contribution is 2.32. The third-order valence-corrected chi connectivity index (χ3v) is 3.58. The van der Waals surface area contributed by atoms with Gasteiger partial charge in [0.25, 0.3) is 0 Å². The lowest BCUT2D eigenvalue weighted by atomic mass is 10.2. The van der Waals surface area contributed by atoms with Crippen molar-refractivity contribution in [3.63, 3.8) is 0 Å². The summed E-state index contributed by atoms with van der Waals surface area (Å²) in [5, 5.41) is 14.7. The molecule has 0 bridgehead atoms. The van der Waals surface area contributed by atoms with Crippen LogP contribution in [-0.4, -0.2) is 5.11 Å². The molecule has 2 aromatic rings. The number of hydrogen-bond donors (Lipinski definition) is 2. The molecule has 0 atom stereocenters. The van der Waals surface area contributed by atoms with Gasteiger partial charge in [-0.15, -0.1) is 0 Å². The van der Waals surface area contributed by atoms with Gasteiger partial charge in [0.2, 0.25) is 0 Å². The van der Waals surface area contributed by atoms with E-state index < -0.39 is 0 Å². The van der Waals surface area contributed by atoms with Crippen molar-refractivity contribution in [3.8, 4) is 5.75 Å². The van der Waals surface area contributed by atoms with Crippen LogP contribution in [-0.2, 0) is 6.54 Å². The molecule has 0 fully saturated rings. The molecule has 0 unspecified atom stereocenters. The summed E-state index contributed by atoms with van der Waals surface area (Å²) in [6.07, 6.45) is 0. The minimum absolute atomic E-state index is 0.00304. The van der Waals surface area contributed by atoms with Crippen LogP contribution in [0.15, 0.2) is 30.3 Å². The number of phenolic OH excluding ortho intramolecular Hbond substituents is 1. The summed E-state index contributed by atoms with van der Waals surface area (Å²) in [5.74, 6) is -0.00304. The Kier molecular flexibility index (Phi) is 4.69. The van der Waals surface area contributed by atoms with Crippen LogP contribution in [0, 0.1) is 0 Å². The number of anilines is 1. The summed E-state index contributed by atoms with van der Waals surface area (Å²) in [4.78, 5) is 0. The van der Waals surface area contributed by atoms with E-state index >= 15 is 0 Å². The number of phenols is 1. The zero-order valence-electron chi connectivity index (χ0n) is 9.55. The molecule has 0 heterocycles. The van der Waals surface area contributed by atoms with E-state index in [1.165, 1.54) is 6.07 Å². The van der Waals surface area contributed by atoms with Crippen molar-refractivity contribution in [3.05, 3.63) is 56.0 Å². The van der Waals surface area contributed by atoms with Crippen molar-refractivity contribution >= 4 is 52.1 Å². The lowest BCUT2D eigenvalue weighted by molar-refractivity contribution is 0.469. The van der Waals surface area contributed by atoms with Crippen molar-refractivity contribution in [2.45, 2.75) is 6.54 Å². The average Bonchev–Trinajstić information content (AvgIpc) is 2.35. The standard InChI is InChI=1S/C13H9Cl4NO/c14-8-1-2-10(16)12(5-8)18-6-7-3-9(15)4-11(17)13(7)19/h1-5,18-19H,6H2. The molecule has 0 aliphatic rings. The first-order chi connectivity index (χ1) is 8.97. The molecule has 19 heavy (non-hydrogen) atoms. The Bertz CT molecular complexity index is 616. The first-order valence-electron chi connectivity index (χ1n) is 5.33. The third kappa shape index (κ3) is 3.61. The maximum absolute atomic E-state index is 9.83. The average molecular weight is 337 g/mol. The number of hydrogen-bond acceptors (Lipinski definition) is 2. The summed E-state index contributed by atoms with van der Waals surface area (Å²) >= 11 is 23.7. The lowest BCUT2D eigenvalue weighted by Gasteiger charge is -2.11. The second kappa shape index (κ2) is 6.10. The Morgan fingerprint density at radius 3 is 2.37 bits per heavy atom. The van der Waals surface area contributed by atoms with Gasteiger partial charge in [-0.2, -0.15) is 0 Å². The van der Waals surface area contributed by atoms with Crippen molar-refractivity contribution in [1.29, 1.82) is 0 Å². The van der Waals surface area contributed by atoms with Crippen LogP contribution in [0.2, 0.25) is 20.1 Å². The summed E-state index contributed by atoms with van der Waals surface area (Å²) in [7, 11) is 0. The van der Waals surface area contributed by atoms with Crippen molar-refractivity contribution in [2.24, 2.45) is 0 Å². The predicted molar refractivity (Wildman–Crippen MR) is 81.9 cm³/mol.